The molecule has 0 saturated carbocycles. The normalized spacial score (nSPS) is 11.4. The molecular formula is C19H27IN4O3S. The molecule has 0 unspecified atom stereocenters. The van der Waals surface area contributed by atoms with Crippen molar-refractivity contribution in [2.24, 2.45) is 4.99 Å². The number of benzene rings is 2. The molecule has 0 aliphatic heterocycles. The number of ether oxygens (including phenoxy) is 1. The van der Waals surface area contributed by atoms with Crippen LogP contribution in [0.4, 0.5) is 0 Å². The fraction of sp³-hybridized carbons (Fsp3) is 0.316. The Balaban J connectivity index is 0.00000392. The third-order valence-corrected chi connectivity index (χ3v) is 5.24. The smallest absolute Gasteiger partial charge is 0.240 e. The van der Waals surface area contributed by atoms with Crippen LogP contribution in [0.1, 0.15) is 0 Å². The lowest BCUT2D eigenvalue weighted by atomic mass is 10.3. The van der Waals surface area contributed by atoms with Gasteiger partial charge < -0.3 is 15.0 Å². The number of nitrogens with zero attached hydrogens (tertiary/aromatic N) is 2. The van der Waals surface area contributed by atoms with E-state index in [1.165, 1.54) is 0 Å². The van der Waals surface area contributed by atoms with Gasteiger partial charge in [0.1, 0.15) is 12.4 Å². The Bertz CT molecular complexity index is 818. The highest BCUT2D eigenvalue weighted by Gasteiger charge is 2.12. The SMILES string of the molecule is CN=C(NCCNS(=O)(=O)c1ccccc1)N(C)CCOc1ccccc1.I. The second-order valence-electron chi connectivity index (χ2n) is 5.77. The zero-order chi connectivity index (χ0) is 19.5. The van der Waals surface area contributed by atoms with Gasteiger partial charge in [-0.3, -0.25) is 4.99 Å². The molecule has 2 aromatic rings. The van der Waals surface area contributed by atoms with E-state index < -0.39 is 10.0 Å². The maximum Gasteiger partial charge on any atom is 0.240 e. The van der Waals surface area contributed by atoms with Gasteiger partial charge in [-0.2, -0.15) is 0 Å². The van der Waals surface area contributed by atoms with E-state index in [9.17, 15) is 8.42 Å². The van der Waals surface area contributed by atoms with Gasteiger partial charge in [0, 0.05) is 27.2 Å². The van der Waals surface area contributed by atoms with Gasteiger partial charge in [0.2, 0.25) is 10.0 Å². The van der Waals surface area contributed by atoms with E-state index in [4.69, 9.17) is 4.74 Å². The molecule has 0 saturated heterocycles. The summed E-state index contributed by atoms with van der Waals surface area (Å²) in [6.07, 6.45) is 0. The second-order valence-corrected chi connectivity index (χ2v) is 7.53. The predicted octanol–water partition coefficient (Wildman–Crippen LogP) is 2.17. The number of sulfonamides is 1. The summed E-state index contributed by atoms with van der Waals surface area (Å²) < 4.78 is 32.6. The quantitative estimate of drug-likeness (QED) is 0.230. The lowest BCUT2D eigenvalue weighted by Gasteiger charge is -2.22. The first kappa shape index (κ1) is 24.2. The number of hydrogen-bond acceptors (Lipinski definition) is 4. The number of para-hydroxylation sites is 1. The number of likely N-dealkylation sites (N-methyl/N-ethyl adjacent to an activating group) is 1. The highest BCUT2D eigenvalue weighted by molar-refractivity contribution is 14.0. The zero-order valence-corrected chi connectivity index (χ0v) is 19.2. The van der Waals surface area contributed by atoms with E-state index >= 15 is 0 Å². The Hall–Kier alpha value is -1.85. The molecule has 0 amide bonds. The summed E-state index contributed by atoms with van der Waals surface area (Å²) in [5, 5.41) is 3.14. The molecule has 0 aliphatic carbocycles. The molecule has 0 aromatic heterocycles. The van der Waals surface area contributed by atoms with Crippen LogP contribution in [-0.4, -0.2) is 59.6 Å². The standard InChI is InChI=1S/C19H26N4O3S.HI/c1-20-19(23(2)15-16-26-17-9-5-3-6-10-17)21-13-14-22-27(24,25)18-11-7-4-8-12-18;/h3-12,22H,13-16H2,1-2H3,(H,20,21);1H. The van der Waals surface area contributed by atoms with Crippen molar-refractivity contribution in [2.45, 2.75) is 4.90 Å². The van der Waals surface area contributed by atoms with Crippen molar-refractivity contribution >= 4 is 40.0 Å². The van der Waals surface area contributed by atoms with Gasteiger partial charge in [0.05, 0.1) is 11.4 Å². The van der Waals surface area contributed by atoms with Crippen molar-refractivity contribution < 1.29 is 13.2 Å². The first-order valence-corrected chi connectivity index (χ1v) is 10.2. The Morgan fingerprint density at radius 2 is 1.64 bits per heavy atom. The van der Waals surface area contributed by atoms with Crippen molar-refractivity contribution in [3.8, 4) is 5.75 Å². The van der Waals surface area contributed by atoms with Crippen LogP contribution in [0, 0.1) is 0 Å². The van der Waals surface area contributed by atoms with Crippen molar-refractivity contribution in [3.63, 3.8) is 0 Å². The van der Waals surface area contributed by atoms with Crippen molar-refractivity contribution in [1.29, 1.82) is 0 Å². The third kappa shape index (κ3) is 8.03. The van der Waals surface area contributed by atoms with E-state index in [1.807, 2.05) is 42.3 Å². The van der Waals surface area contributed by atoms with E-state index in [-0.39, 0.29) is 35.4 Å². The van der Waals surface area contributed by atoms with Crippen LogP contribution >= 0.6 is 24.0 Å². The van der Waals surface area contributed by atoms with Crippen molar-refractivity contribution in [3.05, 3.63) is 60.7 Å². The van der Waals surface area contributed by atoms with Crippen LogP contribution in [0.25, 0.3) is 0 Å². The van der Waals surface area contributed by atoms with Crippen LogP contribution in [0.2, 0.25) is 0 Å². The minimum Gasteiger partial charge on any atom is -0.492 e. The van der Waals surface area contributed by atoms with Crippen LogP contribution in [-0.2, 0) is 10.0 Å². The molecule has 0 bridgehead atoms. The maximum absolute atomic E-state index is 12.2. The molecule has 2 aromatic carbocycles. The fourth-order valence-corrected chi connectivity index (χ4v) is 3.40. The second kappa shape index (κ2) is 12.6. The Labute approximate surface area is 184 Å². The number of rotatable bonds is 9. The predicted molar refractivity (Wildman–Crippen MR) is 123 cm³/mol. The minimum atomic E-state index is -3.49. The molecule has 154 valence electrons. The first-order chi connectivity index (χ1) is 13.0. The van der Waals surface area contributed by atoms with E-state index in [0.717, 1.165) is 5.75 Å². The monoisotopic (exact) mass is 518 g/mol. The lowest BCUT2D eigenvalue weighted by molar-refractivity contribution is 0.281. The van der Waals surface area contributed by atoms with Crippen LogP contribution in [0.5, 0.6) is 5.75 Å². The highest BCUT2D eigenvalue weighted by atomic mass is 127. The first-order valence-electron chi connectivity index (χ1n) is 8.67. The van der Waals surface area contributed by atoms with Crippen molar-refractivity contribution in [1.82, 2.24) is 14.9 Å². The topological polar surface area (TPSA) is 83.0 Å². The largest absolute Gasteiger partial charge is 0.492 e. The average molecular weight is 518 g/mol. The summed E-state index contributed by atoms with van der Waals surface area (Å²) in [5.74, 6) is 1.50. The molecule has 2 N–H and O–H groups in total. The summed E-state index contributed by atoms with van der Waals surface area (Å²) >= 11 is 0. The number of nitrogens with one attached hydrogen (secondary N) is 2. The van der Waals surface area contributed by atoms with Gasteiger partial charge in [0.15, 0.2) is 5.96 Å². The van der Waals surface area contributed by atoms with Gasteiger partial charge >= 0.3 is 0 Å². The summed E-state index contributed by atoms with van der Waals surface area (Å²) in [6.45, 7) is 1.83. The molecule has 0 aliphatic rings. The molecule has 0 fully saturated rings. The molecule has 7 nitrogen and oxygen atoms in total. The molecule has 0 radical (unpaired) electrons. The van der Waals surface area contributed by atoms with Crippen LogP contribution in [0.3, 0.4) is 0 Å². The number of guanidine groups is 1. The fourth-order valence-electron chi connectivity index (χ4n) is 2.35. The van der Waals surface area contributed by atoms with E-state index in [2.05, 4.69) is 15.0 Å². The average Bonchev–Trinajstić information content (AvgIpc) is 2.69. The molecular weight excluding hydrogens is 491 g/mol. The molecule has 0 spiro atoms. The summed E-state index contributed by atoms with van der Waals surface area (Å²) in [6, 6.07) is 17.9. The molecule has 2 rings (SSSR count). The van der Waals surface area contributed by atoms with Gasteiger partial charge in [-0.05, 0) is 24.3 Å². The molecule has 9 heteroatoms. The Morgan fingerprint density at radius 1 is 1.04 bits per heavy atom. The summed E-state index contributed by atoms with van der Waals surface area (Å²) in [7, 11) is 0.0927. The zero-order valence-electron chi connectivity index (χ0n) is 16.0. The number of aliphatic imine (C=N–C) groups is 1. The van der Waals surface area contributed by atoms with Gasteiger partial charge in [0.25, 0.3) is 0 Å². The third-order valence-electron chi connectivity index (χ3n) is 3.77. The Kier molecular flexibility index (Phi) is 10.9. The molecule has 0 heterocycles. The van der Waals surface area contributed by atoms with Gasteiger partial charge in [-0.15, -0.1) is 24.0 Å². The Morgan fingerprint density at radius 3 is 2.25 bits per heavy atom. The van der Waals surface area contributed by atoms with Gasteiger partial charge in [-0.1, -0.05) is 36.4 Å². The minimum absolute atomic E-state index is 0. The van der Waals surface area contributed by atoms with E-state index in [1.54, 1.807) is 37.4 Å². The van der Waals surface area contributed by atoms with Gasteiger partial charge in [-0.25, -0.2) is 13.1 Å². The maximum atomic E-state index is 12.2. The molecule has 0 atom stereocenters. The summed E-state index contributed by atoms with van der Waals surface area (Å²) in [4.78, 5) is 6.38. The number of hydrogen-bond donors (Lipinski definition) is 2. The highest BCUT2D eigenvalue weighted by Crippen LogP contribution is 2.08. The molecule has 28 heavy (non-hydrogen) atoms. The summed E-state index contributed by atoms with van der Waals surface area (Å²) in [5.41, 5.74) is 0. The van der Waals surface area contributed by atoms with E-state index in [0.29, 0.717) is 25.7 Å². The van der Waals surface area contributed by atoms with Crippen LogP contribution in [0.15, 0.2) is 70.6 Å². The number of halogens is 1. The lowest BCUT2D eigenvalue weighted by Crippen LogP contribution is -2.43. The van der Waals surface area contributed by atoms with Crippen molar-refractivity contribution in [2.75, 3.05) is 40.3 Å². The van der Waals surface area contributed by atoms with Crippen LogP contribution < -0.4 is 14.8 Å².